The van der Waals surface area contributed by atoms with Gasteiger partial charge in [-0.05, 0) is 30.7 Å². The summed E-state index contributed by atoms with van der Waals surface area (Å²) in [5.74, 6) is 0.917. The third kappa shape index (κ3) is 7.05. The van der Waals surface area contributed by atoms with Gasteiger partial charge in [0.15, 0.2) is 17.5 Å². The lowest BCUT2D eigenvalue weighted by Gasteiger charge is -2.15. The summed E-state index contributed by atoms with van der Waals surface area (Å²) in [7, 11) is 1.50. The summed E-state index contributed by atoms with van der Waals surface area (Å²) in [4.78, 5) is 4.48. The van der Waals surface area contributed by atoms with Gasteiger partial charge >= 0.3 is 6.61 Å². The molecular formula is C21H25F3IN3O4. The summed E-state index contributed by atoms with van der Waals surface area (Å²) in [6.07, 6.45) is 0. The van der Waals surface area contributed by atoms with Gasteiger partial charge in [-0.2, -0.15) is 8.78 Å². The van der Waals surface area contributed by atoms with E-state index in [-0.39, 0.29) is 62.0 Å². The number of aliphatic imine (C=N–C) groups is 1. The summed E-state index contributed by atoms with van der Waals surface area (Å²) in [5.41, 5.74) is 1.71. The first-order chi connectivity index (χ1) is 15.0. The van der Waals surface area contributed by atoms with E-state index >= 15 is 0 Å². The normalized spacial score (nSPS) is 12.5. The monoisotopic (exact) mass is 567 g/mol. The van der Waals surface area contributed by atoms with Crippen molar-refractivity contribution in [1.29, 1.82) is 0 Å². The summed E-state index contributed by atoms with van der Waals surface area (Å²) < 4.78 is 59.6. The first kappa shape index (κ1) is 25.8. The molecule has 0 radical (unpaired) electrons. The van der Waals surface area contributed by atoms with Crippen LogP contribution in [0.5, 0.6) is 17.2 Å². The van der Waals surface area contributed by atoms with Crippen molar-refractivity contribution in [2.24, 2.45) is 4.99 Å². The number of hydrogen-bond acceptors (Lipinski definition) is 5. The fourth-order valence-corrected chi connectivity index (χ4v) is 2.99. The third-order valence-electron chi connectivity index (χ3n) is 4.39. The Morgan fingerprint density at radius 2 is 1.88 bits per heavy atom. The second-order valence-corrected chi connectivity index (χ2v) is 6.60. The molecule has 1 aliphatic rings. The zero-order chi connectivity index (χ0) is 22.2. The molecule has 32 heavy (non-hydrogen) atoms. The van der Waals surface area contributed by atoms with Crippen LogP contribution in [0.1, 0.15) is 23.6 Å². The van der Waals surface area contributed by atoms with Gasteiger partial charge in [0.25, 0.3) is 0 Å². The Bertz CT molecular complexity index is 931. The van der Waals surface area contributed by atoms with Crippen molar-refractivity contribution in [1.82, 2.24) is 10.6 Å². The highest BCUT2D eigenvalue weighted by atomic mass is 127. The van der Waals surface area contributed by atoms with Gasteiger partial charge in [0.2, 0.25) is 6.79 Å². The van der Waals surface area contributed by atoms with E-state index in [1.54, 1.807) is 18.2 Å². The number of ether oxygens (including phenoxy) is 4. The summed E-state index contributed by atoms with van der Waals surface area (Å²) >= 11 is 0. The maximum atomic E-state index is 13.8. The van der Waals surface area contributed by atoms with E-state index in [4.69, 9.17) is 14.2 Å². The van der Waals surface area contributed by atoms with Gasteiger partial charge in [-0.15, -0.1) is 24.0 Å². The molecule has 0 aromatic heterocycles. The Morgan fingerprint density at radius 1 is 1.12 bits per heavy atom. The minimum Gasteiger partial charge on any atom is -0.454 e. The molecule has 2 N–H and O–H groups in total. The average Bonchev–Trinajstić information content (AvgIpc) is 3.19. The lowest BCUT2D eigenvalue weighted by Crippen LogP contribution is -2.36. The van der Waals surface area contributed by atoms with Crippen molar-refractivity contribution in [3.05, 3.63) is 52.8 Å². The van der Waals surface area contributed by atoms with Crippen LogP contribution in [0.25, 0.3) is 0 Å². The molecule has 0 saturated heterocycles. The van der Waals surface area contributed by atoms with Crippen LogP contribution in [-0.2, 0) is 24.4 Å². The van der Waals surface area contributed by atoms with Gasteiger partial charge in [0.05, 0.1) is 13.2 Å². The van der Waals surface area contributed by atoms with Crippen LogP contribution in [0.15, 0.2) is 35.3 Å². The fraction of sp³-hybridized carbons (Fsp3) is 0.381. The topological polar surface area (TPSA) is 73.3 Å². The van der Waals surface area contributed by atoms with E-state index in [9.17, 15) is 13.2 Å². The molecule has 1 aliphatic heterocycles. The van der Waals surface area contributed by atoms with E-state index in [1.807, 2.05) is 6.92 Å². The van der Waals surface area contributed by atoms with Crippen molar-refractivity contribution in [3.8, 4) is 17.2 Å². The predicted octanol–water partition coefficient (Wildman–Crippen LogP) is 4.18. The molecule has 3 rings (SSSR count). The molecule has 0 atom stereocenters. The highest BCUT2D eigenvalue weighted by Crippen LogP contribution is 2.38. The Hall–Kier alpha value is -2.41. The van der Waals surface area contributed by atoms with Crippen molar-refractivity contribution >= 4 is 29.9 Å². The van der Waals surface area contributed by atoms with Gasteiger partial charge in [-0.1, -0.05) is 6.07 Å². The maximum absolute atomic E-state index is 13.8. The fourth-order valence-electron chi connectivity index (χ4n) is 2.99. The van der Waals surface area contributed by atoms with Crippen molar-refractivity contribution < 1.29 is 32.1 Å². The molecule has 2 aromatic rings. The van der Waals surface area contributed by atoms with Gasteiger partial charge < -0.3 is 29.6 Å². The molecule has 11 heteroatoms. The van der Waals surface area contributed by atoms with E-state index < -0.39 is 6.61 Å². The molecular weight excluding hydrogens is 542 g/mol. The molecule has 7 nitrogen and oxygen atoms in total. The number of nitrogens with one attached hydrogen (secondary N) is 2. The van der Waals surface area contributed by atoms with Crippen molar-refractivity contribution in [2.75, 3.05) is 20.4 Å². The maximum Gasteiger partial charge on any atom is 0.387 e. The number of guanidine groups is 1. The Kier molecular flexibility index (Phi) is 10.2. The van der Waals surface area contributed by atoms with Gasteiger partial charge in [-0.3, -0.25) is 0 Å². The molecule has 0 amide bonds. The zero-order valence-electron chi connectivity index (χ0n) is 17.6. The summed E-state index contributed by atoms with van der Waals surface area (Å²) in [6, 6.07) is 7.69. The second-order valence-electron chi connectivity index (χ2n) is 6.60. The average molecular weight is 567 g/mol. The van der Waals surface area contributed by atoms with Gasteiger partial charge in [0.1, 0.15) is 11.6 Å². The summed E-state index contributed by atoms with van der Waals surface area (Å²) in [6.45, 7) is 0.146. The molecule has 0 fully saturated rings. The van der Waals surface area contributed by atoms with Crippen molar-refractivity contribution in [2.45, 2.75) is 33.2 Å². The second kappa shape index (κ2) is 12.6. The van der Waals surface area contributed by atoms with E-state index in [0.717, 1.165) is 5.56 Å². The number of halogens is 4. The number of fused-ring (bicyclic) bond motifs is 1. The molecule has 2 aromatic carbocycles. The quantitative estimate of drug-likeness (QED) is 0.269. The molecule has 0 bridgehead atoms. The summed E-state index contributed by atoms with van der Waals surface area (Å²) in [5, 5.41) is 6.16. The number of benzene rings is 2. The molecule has 1 heterocycles. The SMILES string of the molecule is CCNC(=NCc1ccc(F)c(COC)c1)NCc1cc2c(cc1OC(F)F)OCO2.I. The minimum absolute atomic E-state index is 0. The molecule has 176 valence electrons. The molecule has 0 saturated carbocycles. The van der Waals surface area contributed by atoms with Crippen LogP contribution in [0.2, 0.25) is 0 Å². The van der Waals surface area contributed by atoms with Crippen LogP contribution < -0.4 is 24.8 Å². The number of alkyl halides is 2. The zero-order valence-corrected chi connectivity index (χ0v) is 20.0. The smallest absolute Gasteiger partial charge is 0.387 e. The molecule has 0 aliphatic carbocycles. The van der Waals surface area contributed by atoms with Gasteiger partial charge in [-0.25, -0.2) is 9.38 Å². The van der Waals surface area contributed by atoms with Crippen LogP contribution >= 0.6 is 24.0 Å². The Morgan fingerprint density at radius 3 is 2.56 bits per heavy atom. The first-order valence-corrected chi connectivity index (χ1v) is 9.66. The Labute approximate surface area is 201 Å². The van der Waals surface area contributed by atoms with E-state index in [0.29, 0.717) is 35.1 Å². The minimum atomic E-state index is -2.97. The number of rotatable bonds is 9. The van der Waals surface area contributed by atoms with E-state index in [2.05, 4.69) is 20.4 Å². The van der Waals surface area contributed by atoms with Crippen LogP contribution in [0.3, 0.4) is 0 Å². The highest BCUT2D eigenvalue weighted by molar-refractivity contribution is 14.0. The number of methoxy groups -OCH3 is 1. The highest BCUT2D eigenvalue weighted by Gasteiger charge is 2.20. The largest absolute Gasteiger partial charge is 0.454 e. The predicted molar refractivity (Wildman–Crippen MR) is 123 cm³/mol. The van der Waals surface area contributed by atoms with Crippen LogP contribution in [0.4, 0.5) is 13.2 Å². The van der Waals surface area contributed by atoms with Crippen molar-refractivity contribution in [3.63, 3.8) is 0 Å². The standard InChI is InChI=1S/C21H24F3N3O4.HI/c1-3-25-21(26-9-13-4-5-16(22)15(6-13)11-28-2)27-10-14-7-18-19(30-12-29-18)8-17(14)31-20(23)24;/h4-8,20H,3,9-12H2,1-2H3,(H2,25,26,27);1H. The Balaban J connectivity index is 0.00000363. The molecule has 0 spiro atoms. The third-order valence-corrected chi connectivity index (χ3v) is 4.39. The van der Waals surface area contributed by atoms with Crippen LogP contribution in [-0.4, -0.2) is 33.0 Å². The molecule has 0 unspecified atom stereocenters. The van der Waals surface area contributed by atoms with E-state index in [1.165, 1.54) is 19.2 Å². The lowest BCUT2D eigenvalue weighted by atomic mass is 10.1. The first-order valence-electron chi connectivity index (χ1n) is 9.66. The number of hydrogen-bond donors (Lipinski definition) is 2. The number of nitrogens with zero attached hydrogens (tertiary/aromatic N) is 1. The lowest BCUT2D eigenvalue weighted by molar-refractivity contribution is -0.0505. The van der Waals surface area contributed by atoms with Gasteiger partial charge in [0, 0.05) is 37.4 Å². The van der Waals surface area contributed by atoms with Crippen LogP contribution in [0, 0.1) is 5.82 Å².